The molecule has 0 fully saturated rings. The molecule has 1 aliphatic carbocycles. The Labute approximate surface area is 188 Å². The van der Waals surface area contributed by atoms with Crippen LogP contribution in [0.15, 0.2) is 72.8 Å². The molecular weight excluding hydrogens is 402 g/mol. The van der Waals surface area contributed by atoms with Gasteiger partial charge in [0.05, 0.1) is 13.7 Å². The van der Waals surface area contributed by atoms with E-state index in [1.807, 2.05) is 54.6 Å². The molecule has 3 aromatic rings. The maximum absolute atomic E-state index is 12.2. The van der Waals surface area contributed by atoms with Crippen molar-refractivity contribution in [3.05, 3.63) is 95.1 Å². The molecule has 1 aliphatic rings. The van der Waals surface area contributed by atoms with Gasteiger partial charge in [-0.15, -0.1) is 0 Å². The largest absolute Gasteiger partial charge is 0.496 e. The third-order valence-corrected chi connectivity index (χ3v) is 5.72. The lowest BCUT2D eigenvalue weighted by atomic mass is 9.98. The van der Waals surface area contributed by atoms with Crippen molar-refractivity contribution in [1.29, 1.82) is 0 Å². The summed E-state index contributed by atoms with van der Waals surface area (Å²) in [4.78, 5) is 12.2. The second-order valence-corrected chi connectivity index (χ2v) is 7.67. The average molecular weight is 430 g/mol. The SMILES string of the molecule is COc1cc(C=CCCNC(=O)OCC2c3ccccc3-c3ccccc32)ccc1CO. The van der Waals surface area contributed by atoms with Gasteiger partial charge in [0.15, 0.2) is 0 Å². The van der Waals surface area contributed by atoms with Crippen LogP contribution in [0.1, 0.15) is 34.6 Å². The fourth-order valence-corrected chi connectivity index (χ4v) is 4.12. The van der Waals surface area contributed by atoms with Crippen LogP contribution >= 0.6 is 0 Å². The Balaban J connectivity index is 1.26. The number of aliphatic hydroxyl groups excluding tert-OH is 1. The highest BCUT2D eigenvalue weighted by molar-refractivity contribution is 5.79. The van der Waals surface area contributed by atoms with E-state index in [4.69, 9.17) is 9.47 Å². The molecule has 0 aliphatic heterocycles. The first kappa shape index (κ1) is 21.7. The first-order chi connectivity index (χ1) is 15.7. The summed E-state index contributed by atoms with van der Waals surface area (Å²) in [5, 5.41) is 12.1. The highest BCUT2D eigenvalue weighted by Crippen LogP contribution is 2.44. The number of hydrogen-bond donors (Lipinski definition) is 2. The van der Waals surface area contributed by atoms with Gasteiger partial charge in [0.1, 0.15) is 12.4 Å². The first-order valence-electron chi connectivity index (χ1n) is 10.7. The minimum atomic E-state index is -0.408. The number of rotatable bonds is 8. The number of carbonyl (C=O) groups is 1. The zero-order valence-electron chi connectivity index (χ0n) is 18.1. The summed E-state index contributed by atoms with van der Waals surface area (Å²) in [7, 11) is 1.58. The molecule has 0 aromatic heterocycles. The number of carbonyl (C=O) groups excluding carboxylic acids is 1. The maximum atomic E-state index is 12.2. The number of aliphatic hydroxyl groups is 1. The molecule has 0 heterocycles. The minimum Gasteiger partial charge on any atom is -0.496 e. The van der Waals surface area contributed by atoms with Crippen molar-refractivity contribution < 1.29 is 19.4 Å². The van der Waals surface area contributed by atoms with Crippen molar-refractivity contribution in [3.8, 4) is 16.9 Å². The van der Waals surface area contributed by atoms with Gasteiger partial charge in [-0.2, -0.15) is 0 Å². The van der Waals surface area contributed by atoms with E-state index in [9.17, 15) is 9.90 Å². The molecule has 0 saturated heterocycles. The van der Waals surface area contributed by atoms with Crippen LogP contribution in [0.5, 0.6) is 5.75 Å². The number of amides is 1. The van der Waals surface area contributed by atoms with Crippen molar-refractivity contribution in [3.63, 3.8) is 0 Å². The monoisotopic (exact) mass is 429 g/mol. The lowest BCUT2D eigenvalue weighted by Gasteiger charge is -2.14. The first-order valence-corrected chi connectivity index (χ1v) is 10.7. The van der Waals surface area contributed by atoms with Crippen LogP contribution in [0.2, 0.25) is 0 Å². The van der Waals surface area contributed by atoms with Gasteiger partial charge in [-0.1, -0.05) is 72.8 Å². The van der Waals surface area contributed by atoms with E-state index in [0.717, 1.165) is 11.1 Å². The molecule has 0 saturated carbocycles. The van der Waals surface area contributed by atoms with Crippen LogP contribution in [-0.4, -0.2) is 31.5 Å². The second kappa shape index (κ2) is 10.2. The van der Waals surface area contributed by atoms with E-state index < -0.39 is 6.09 Å². The third-order valence-electron chi connectivity index (χ3n) is 5.72. The smallest absolute Gasteiger partial charge is 0.407 e. The molecule has 4 rings (SSSR count). The van der Waals surface area contributed by atoms with Gasteiger partial charge in [-0.25, -0.2) is 4.79 Å². The molecule has 1 amide bonds. The molecular formula is C27H27NO4. The number of fused-ring (bicyclic) bond motifs is 3. The Hall–Kier alpha value is -3.57. The van der Waals surface area contributed by atoms with Gasteiger partial charge in [0.2, 0.25) is 0 Å². The van der Waals surface area contributed by atoms with Gasteiger partial charge in [0.25, 0.3) is 0 Å². The molecule has 3 aromatic carbocycles. The van der Waals surface area contributed by atoms with E-state index >= 15 is 0 Å². The van der Waals surface area contributed by atoms with Gasteiger partial charge in [-0.05, 0) is 40.3 Å². The van der Waals surface area contributed by atoms with Gasteiger partial charge in [0, 0.05) is 18.0 Å². The van der Waals surface area contributed by atoms with Crippen LogP contribution in [0.3, 0.4) is 0 Å². The van der Waals surface area contributed by atoms with Crippen molar-refractivity contribution in [1.82, 2.24) is 5.32 Å². The van der Waals surface area contributed by atoms with Gasteiger partial charge >= 0.3 is 6.09 Å². The molecule has 0 radical (unpaired) electrons. The summed E-state index contributed by atoms with van der Waals surface area (Å²) in [6.45, 7) is 0.739. The quantitative estimate of drug-likeness (QED) is 0.487. The fourth-order valence-electron chi connectivity index (χ4n) is 4.12. The normalized spacial score (nSPS) is 12.4. The molecule has 5 heteroatoms. The second-order valence-electron chi connectivity index (χ2n) is 7.67. The Morgan fingerprint density at radius 2 is 1.72 bits per heavy atom. The number of ether oxygens (including phenoxy) is 2. The third kappa shape index (κ3) is 4.68. The summed E-state index contributed by atoms with van der Waals surface area (Å²) in [6, 6.07) is 22.2. The average Bonchev–Trinajstić information content (AvgIpc) is 3.16. The van der Waals surface area contributed by atoms with Crippen LogP contribution < -0.4 is 10.1 Å². The zero-order chi connectivity index (χ0) is 22.3. The van der Waals surface area contributed by atoms with E-state index in [2.05, 4.69) is 29.6 Å². The van der Waals surface area contributed by atoms with E-state index in [0.29, 0.717) is 25.3 Å². The molecule has 0 spiro atoms. The van der Waals surface area contributed by atoms with Crippen molar-refractivity contribution >= 4 is 12.2 Å². The molecule has 0 bridgehead atoms. The van der Waals surface area contributed by atoms with E-state index in [1.54, 1.807) is 7.11 Å². The maximum Gasteiger partial charge on any atom is 0.407 e. The standard InChI is InChI=1S/C27H27NO4/c1-31-26-16-19(13-14-20(26)17-29)8-6-7-15-28-27(30)32-18-25-23-11-4-2-9-21(23)22-10-3-5-12-24(22)25/h2-6,8-14,16,25,29H,7,15,17-18H2,1H3,(H,28,30). The molecule has 2 N–H and O–H groups in total. The lowest BCUT2D eigenvalue weighted by molar-refractivity contribution is 0.143. The van der Waals surface area contributed by atoms with Crippen LogP contribution in [-0.2, 0) is 11.3 Å². The highest BCUT2D eigenvalue weighted by atomic mass is 16.5. The summed E-state index contributed by atoms with van der Waals surface area (Å²) in [5.74, 6) is 0.719. The van der Waals surface area contributed by atoms with Crippen LogP contribution in [0.4, 0.5) is 4.79 Å². The summed E-state index contributed by atoms with van der Waals surface area (Å²) >= 11 is 0. The zero-order valence-corrected chi connectivity index (χ0v) is 18.1. The predicted octanol–water partition coefficient (Wildman–Crippen LogP) is 5.13. The molecule has 5 nitrogen and oxygen atoms in total. The fraction of sp³-hybridized carbons (Fsp3) is 0.222. The minimum absolute atomic E-state index is 0.0583. The summed E-state index contributed by atoms with van der Waals surface area (Å²) in [5.41, 5.74) is 6.55. The number of methoxy groups -OCH3 is 1. The number of nitrogens with one attached hydrogen (secondary N) is 1. The van der Waals surface area contributed by atoms with Gasteiger partial charge in [-0.3, -0.25) is 0 Å². The number of hydrogen-bond acceptors (Lipinski definition) is 4. The predicted molar refractivity (Wildman–Crippen MR) is 126 cm³/mol. The number of benzene rings is 3. The topological polar surface area (TPSA) is 67.8 Å². The Morgan fingerprint density at radius 3 is 2.38 bits per heavy atom. The molecule has 164 valence electrons. The summed E-state index contributed by atoms with van der Waals surface area (Å²) < 4.78 is 10.8. The van der Waals surface area contributed by atoms with Crippen molar-refractivity contribution in [2.45, 2.75) is 18.9 Å². The van der Waals surface area contributed by atoms with E-state index in [1.165, 1.54) is 22.3 Å². The van der Waals surface area contributed by atoms with Crippen LogP contribution in [0.25, 0.3) is 17.2 Å². The molecule has 0 atom stereocenters. The Bertz CT molecular complexity index is 1080. The van der Waals surface area contributed by atoms with E-state index in [-0.39, 0.29) is 12.5 Å². The van der Waals surface area contributed by atoms with Crippen molar-refractivity contribution in [2.24, 2.45) is 0 Å². The Kier molecular flexibility index (Phi) is 6.87. The summed E-state index contributed by atoms with van der Waals surface area (Å²) in [6.07, 6.45) is 4.21. The lowest BCUT2D eigenvalue weighted by Crippen LogP contribution is -2.26. The Morgan fingerprint density at radius 1 is 1.03 bits per heavy atom. The van der Waals surface area contributed by atoms with Crippen LogP contribution in [0, 0.1) is 0 Å². The van der Waals surface area contributed by atoms with Gasteiger partial charge < -0.3 is 19.9 Å². The number of alkyl carbamates (subject to hydrolysis) is 1. The molecule has 0 unspecified atom stereocenters. The highest BCUT2D eigenvalue weighted by Gasteiger charge is 2.28. The molecule has 32 heavy (non-hydrogen) atoms. The van der Waals surface area contributed by atoms with Crippen molar-refractivity contribution in [2.75, 3.05) is 20.3 Å².